The Morgan fingerprint density at radius 1 is 1.06 bits per heavy atom. The molecule has 0 saturated carbocycles. The molecule has 8 nitrogen and oxygen atoms in total. The highest BCUT2D eigenvalue weighted by Gasteiger charge is 2.16. The van der Waals surface area contributed by atoms with Crippen LogP contribution in [0.2, 0.25) is 0 Å². The molecular formula is C23H30N4O4S2. The highest BCUT2D eigenvalue weighted by atomic mass is 32.2. The number of anilines is 2. The summed E-state index contributed by atoms with van der Waals surface area (Å²) < 4.78 is 27.7. The third kappa shape index (κ3) is 8.13. The zero-order valence-electron chi connectivity index (χ0n) is 18.7. The quantitative estimate of drug-likeness (QED) is 0.363. The molecule has 0 atom stereocenters. The molecule has 0 aliphatic carbocycles. The number of benzene rings is 1. The van der Waals surface area contributed by atoms with Gasteiger partial charge in [0.1, 0.15) is 5.82 Å². The summed E-state index contributed by atoms with van der Waals surface area (Å²) in [7, 11) is -3.80. The average Bonchev–Trinajstić information content (AvgIpc) is 2.81. The fourth-order valence-corrected chi connectivity index (χ4v) is 5.05. The van der Waals surface area contributed by atoms with Gasteiger partial charge in [-0.05, 0) is 75.3 Å². The van der Waals surface area contributed by atoms with Crippen LogP contribution in [0.25, 0.3) is 0 Å². The van der Waals surface area contributed by atoms with Crippen LogP contribution in [-0.2, 0) is 14.8 Å². The number of pyridine rings is 1. The van der Waals surface area contributed by atoms with E-state index in [9.17, 15) is 18.0 Å². The summed E-state index contributed by atoms with van der Waals surface area (Å²) in [6.45, 7) is 5.68. The molecule has 1 aromatic heterocycles. The lowest BCUT2D eigenvalue weighted by atomic mass is 10.1. The summed E-state index contributed by atoms with van der Waals surface area (Å²) in [4.78, 5) is 29.6. The van der Waals surface area contributed by atoms with E-state index in [1.165, 1.54) is 57.6 Å². The van der Waals surface area contributed by atoms with Gasteiger partial charge in [0.2, 0.25) is 0 Å². The van der Waals surface area contributed by atoms with Crippen LogP contribution in [0.5, 0.6) is 0 Å². The molecule has 0 unspecified atom stereocenters. The number of thioether (sulfide) groups is 1. The predicted molar refractivity (Wildman–Crippen MR) is 132 cm³/mol. The molecule has 1 aliphatic rings. The van der Waals surface area contributed by atoms with Gasteiger partial charge in [0.25, 0.3) is 10.0 Å². The zero-order valence-corrected chi connectivity index (χ0v) is 20.4. The number of carbonyl (C=O) groups excluding carboxylic acids is 2. The number of hydrogen-bond donors (Lipinski definition) is 2. The average molecular weight is 491 g/mol. The normalized spacial score (nSPS) is 14.6. The van der Waals surface area contributed by atoms with E-state index in [2.05, 4.69) is 19.9 Å². The Bertz CT molecular complexity index is 1040. The van der Waals surface area contributed by atoms with Gasteiger partial charge < -0.3 is 10.2 Å². The minimum atomic E-state index is -3.80. The van der Waals surface area contributed by atoms with Gasteiger partial charge in [-0.15, -0.1) is 0 Å². The van der Waals surface area contributed by atoms with Crippen molar-refractivity contribution in [2.75, 3.05) is 42.0 Å². The number of hydrogen-bond acceptors (Lipinski definition) is 8. The van der Waals surface area contributed by atoms with E-state index in [0.717, 1.165) is 37.0 Å². The SMILES string of the molecule is CC(=O)SCC(=O)c1ccc(NS(=O)(=O)c2ccc(NCCCN3CCCCC3)cc2)nc1. The second-order valence-corrected chi connectivity index (χ2v) is 10.8. The van der Waals surface area contributed by atoms with Gasteiger partial charge in [0.15, 0.2) is 10.9 Å². The number of nitrogens with one attached hydrogen (secondary N) is 2. The van der Waals surface area contributed by atoms with Crippen LogP contribution < -0.4 is 10.0 Å². The van der Waals surface area contributed by atoms with E-state index >= 15 is 0 Å². The van der Waals surface area contributed by atoms with Crippen LogP contribution >= 0.6 is 11.8 Å². The molecule has 178 valence electrons. The molecule has 2 N–H and O–H groups in total. The monoisotopic (exact) mass is 490 g/mol. The summed E-state index contributed by atoms with van der Waals surface area (Å²) >= 11 is 0.924. The van der Waals surface area contributed by atoms with Crippen molar-refractivity contribution in [1.29, 1.82) is 0 Å². The molecule has 1 aliphatic heterocycles. The maximum Gasteiger partial charge on any atom is 0.263 e. The number of likely N-dealkylation sites (tertiary alicyclic amines) is 1. The Balaban J connectivity index is 1.49. The molecule has 1 aromatic carbocycles. The lowest BCUT2D eigenvalue weighted by molar-refractivity contribution is -0.109. The Morgan fingerprint density at radius 3 is 2.42 bits per heavy atom. The van der Waals surface area contributed by atoms with Crippen LogP contribution in [-0.4, -0.2) is 61.1 Å². The Labute approximate surface area is 199 Å². The van der Waals surface area contributed by atoms with Crippen LogP contribution in [0.4, 0.5) is 11.5 Å². The first-order valence-electron chi connectivity index (χ1n) is 11.1. The third-order valence-corrected chi connectivity index (χ3v) is 7.51. The maximum atomic E-state index is 12.7. The van der Waals surface area contributed by atoms with Crippen molar-refractivity contribution in [2.24, 2.45) is 0 Å². The highest BCUT2D eigenvalue weighted by molar-refractivity contribution is 8.14. The summed E-state index contributed by atoms with van der Waals surface area (Å²) in [5.74, 6) is -0.0948. The van der Waals surface area contributed by atoms with Gasteiger partial charge in [0.05, 0.1) is 10.6 Å². The Kier molecular flexibility index (Phi) is 9.28. The van der Waals surface area contributed by atoms with Crippen molar-refractivity contribution in [3.63, 3.8) is 0 Å². The molecule has 0 amide bonds. The fraction of sp³-hybridized carbons (Fsp3) is 0.435. The highest BCUT2D eigenvalue weighted by Crippen LogP contribution is 2.18. The molecule has 2 heterocycles. The topological polar surface area (TPSA) is 108 Å². The second kappa shape index (κ2) is 12.2. The van der Waals surface area contributed by atoms with Crippen molar-refractivity contribution < 1.29 is 18.0 Å². The number of Topliss-reactive ketones (excluding diaryl/α,β-unsaturated/α-hetero) is 1. The number of rotatable bonds is 11. The van der Waals surface area contributed by atoms with Crippen LogP contribution in [0.1, 0.15) is 43.0 Å². The maximum absolute atomic E-state index is 12.7. The molecule has 2 aromatic rings. The molecule has 3 rings (SSSR count). The second-order valence-electron chi connectivity index (χ2n) is 7.95. The standard InChI is InChI=1S/C23H30N4O4S2/c1-18(28)32-17-22(29)19-6-11-23(25-16-19)26-33(30,31)21-9-7-20(8-10-21)24-12-5-15-27-13-3-2-4-14-27/h6-11,16,24H,2-5,12-15,17H2,1H3,(H,25,26). The number of aromatic nitrogens is 1. The van der Waals surface area contributed by atoms with E-state index < -0.39 is 10.0 Å². The first-order valence-corrected chi connectivity index (χ1v) is 13.5. The number of nitrogens with zero attached hydrogens (tertiary/aromatic N) is 2. The molecule has 10 heteroatoms. The summed E-state index contributed by atoms with van der Waals surface area (Å²) in [6, 6.07) is 9.51. The molecular weight excluding hydrogens is 460 g/mol. The first kappa shape index (κ1) is 25.2. The van der Waals surface area contributed by atoms with Gasteiger partial charge in [-0.1, -0.05) is 18.2 Å². The third-order valence-electron chi connectivity index (χ3n) is 5.32. The molecule has 1 saturated heterocycles. The van der Waals surface area contributed by atoms with Crippen LogP contribution in [0, 0.1) is 0 Å². The molecule has 0 spiro atoms. The van der Waals surface area contributed by atoms with Crippen molar-refractivity contribution in [1.82, 2.24) is 9.88 Å². The number of carbonyl (C=O) groups is 2. The summed E-state index contributed by atoms with van der Waals surface area (Å²) in [5, 5.41) is 3.20. The van der Waals surface area contributed by atoms with Crippen molar-refractivity contribution in [3.8, 4) is 0 Å². The van der Waals surface area contributed by atoms with E-state index in [1.807, 2.05) is 0 Å². The van der Waals surface area contributed by atoms with Crippen molar-refractivity contribution in [3.05, 3.63) is 48.2 Å². The van der Waals surface area contributed by atoms with Gasteiger partial charge in [-0.2, -0.15) is 0 Å². The van der Waals surface area contributed by atoms with Crippen LogP contribution in [0.3, 0.4) is 0 Å². The number of sulfonamides is 1. The molecule has 0 bridgehead atoms. The number of piperidine rings is 1. The smallest absolute Gasteiger partial charge is 0.263 e. The Hall–Kier alpha value is -2.43. The van der Waals surface area contributed by atoms with Gasteiger partial charge >= 0.3 is 0 Å². The van der Waals surface area contributed by atoms with E-state index in [4.69, 9.17) is 0 Å². The molecule has 1 fully saturated rings. The molecule has 33 heavy (non-hydrogen) atoms. The molecule has 0 radical (unpaired) electrons. The van der Waals surface area contributed by atoms with Gasteiger partial charge in [-0.25, -0.2) is 13.4 Å². The lowest BCUT2D eigenvalue weighted by Gasteiger charge is -2.26. The first-order chi connectivity index (χ1) is 15.8. The Morgan fingerprint density at radius 2 is 1.79 bits per heavy atom. The lowest BCUT2D eigenvalue weighted by Crippen LogP contribution is -2.31. The van der Waals surface area contributed by atoms with Gasteiger partial charge in [0, 0.05) is 30.9 Å². The summed E-state index contributed by atoms with van der Waals surface area (Å²) in [5.41, 5.74) is 1.19. The largest absolute Gasteiger partial charge is 0.385 e. The zero-order chi connectivity index (χ0) is 23.7. The van der Waals surface area contributed by atoms with E-state index in [-0.39, 0.29) is 27.4 Å². The van der Waals surface area contributed by atoms with Crippen molar-refractivity contribution >= 4 is 44.2 Å². The minimum absolute atomic E-state index is 0.0285. The fourth-order valence-electron chi connectivity index (χ4n) is 3.54. The summed E-state index contributed by atoms with van der Waals surface area (Å²) in [6.07, 6.45) is 6.25. The van der Waals surface area contributed by atoms with Gasteiger partial charge in [-0.3, -0.25) is 14.3 Å². The van der Waals surface area contributed by atoms with E-state index in [1.54, 1.807) is 24.3 Å². The van der Waals surface area contributed by atoms with Crippen molar-refractivity contribution in [2.45, 2.75) is 37.5 Å². The predicted octanol–water partition coefficient (Wildman–Crippen LogP) is 3.63. The van der Waals surface area contributed by atoms with E-state index in [0.29, 0.717) is 5.56 Å². The van der Waals surface area contributed by atoms with Crippen LogP contribution in [0.15, 0.2) is 47.5 Å². The minimum Gasteiger partial charge on any atom is -0.385 e. The number of ketones is 1.